The molecular weight excluding hydrogens is 194 g/mol. The molecule has 0 amide bonds. The molecule has 80 valence electrons. The number of hydrogen-bond donors (Lipinski definition) is 1. The number of aryl methyl sites for hydroxylation is 1. The van der Waals surface area contributed by atoms with Crippen LogP contribution in [0.3, 0.4) is 0 Å². The number of aromatic nitrogens is 4. The molecule has 2 aromatic heterocycles. The predicted octanol–water partition coefficient (Wildman–Crippen LogP) is 0.454. The normalized spacial score (nSPS) is 10.8. The van der Waals surface area contributed by atoms with Crippen molar-refractivity contribution in [3.05, 3.63) is 18.3 Å². The van der Waals surface area contributed by atoms with Gasteiger partial charge in [0.15, 0.2) is 0 Å². The summed E-state index contributed by atoms with van der Waals surface area (Å²) in [5.74, 6) is 1.06. The van der Waals surface area contributed by atoms with Gasteiger partial charge in [-0.3, -0.25) is 4.68 Å². The van der Waals surface area contributed by atoms with Crippen LogP contribution in [0.4, 0.5) is 0 Å². The fourth-order valence-electron chi connectivity index (χ4n) is 1.24. The van der Waals surface area contributed by atoms with E-state index in [-0.39, 0.29) is 0 Å². The van der Waals surface area contributed by atoms with Gasteiger partial charge in [-0.1, -0.05) is 0 Å². The minimum atomic E-state index is 0.498. The number of nitrogens with two attached hydrogens (primary N) is 1. The van der Waals surface area contributed by atoms with Crippen LogP contribution in [0.15, 0.2) is 16.8 Å². The first kappa shape index (κ1) is 9.85. The van der Waals surface area contributed by atoms with E-state index in [1.807, 2.05) is 17.8 Å². The molecule has 0 spiro atoms. The Morgan fingerprint density at radius 1 is 1.47 bits per heavy atom. The fraction of sp³-hybridized carbons (Fsp3) is 0.444. The van der Waals surface area contributed by atoms with E-state index in [9.17, 15) is 0 Å². The van der Waals surface area contributed by atoms with E-state index in [0.29, 0.717) is 24.7 Å². The maximum atomic E-state index is 5.41. The summed E-state index contributed by atoms with van der Waals surface area (Å²) in [5.41, 5.74) is 6.23. The average Bonchev–Trinajstić information content (AvgIpc) is 2.85. The van der Waals surface area contributed by atoms with Crippen LogP contribution < -0.4 is 5.73 Å². The first-order valence-electron chi connectivity index (χ1n) is 4.88. The lowest BCUT2D eigenvalue weighted by molar-refractivity contribution is 0.507. The smallest absolute Gasteiger partial charge is 0.250 e. The highest BCUT2D eigenvalue weighted by atomic mass is 16.4. The van der Waals surface area contributed by atoms with E-state index < -0.39 is 0 Å². The maximum Gasteiger partial charge on any atom is 0.250 e. The van der Waals surface area contributed by atoms with Crippen LogP contribution in [0.2, 0.25) is 0 Å². The molecular formula is C9H13N5O. The third-order valence-electron chi connectivity index (χ3n) is 2.03. The molecule has 0 radical (unpaired) electrons. The zero-order valence-electron chi connectivity index (χ0n) is 8.55. The summed E-state index contributed by atoms with van der Waals surface area (Å²) in [6, 6.07) is 0. The summed E-state index contributed by atoms with van der Waals surface area (Å²) < 4.78 is 7.22. The van der Waals surface area contributed by atoms with Crippen molar-refractivity contribution in [1.82, 2.24) is 20.0 Å². The van der Waals surface area contributed by atoms with Crippen LogP contribution in [0.1, 0.15) is 12.8 Å². The van der Waals surface area contributed by atoms with Gasteiger partial charge in [-0.2, -0.15) is 5.10 Å². The molecule has 0 bridgehead atoms. The Bertz CT molecular complexity index is 433. The third-order valence-corrected chi connectivity index (χ3v) is 2.03. The molecule has 0 fully saturated rings. The molecule has 6 nitrogen and oxygen atoms in total. The topological polar surface area (TPSA) is 82.8 Å². The average molecular weight is 207 g/mol. The summed E-state index contributed by atoms with van der Waals surface area (Å²) in [7, 11) is 0. The summed E-state index contributed by atoms with van der Waals surface area (Å²) in [5, 5.41) is 11.9. The van der Waals surface area contributed by atoms with Crippen molar-refractivity contribution in [3.8, 4) is 11.5 Å². The van der Waals surface area contributed by atoms with E-state index >= 15 is 0 Å². The summed E-state index contributed by atoms with van der Waals surface area (Å²) in [4.78, 5) is 0. The van der Waals surface area contributed by atoms with Gasteiger partial charge in [0.25, 0.3) is 5.89 Å². The van der Waals surface area contributed by atoms with Crippen LogP contribution in [-0.4, -0.2) is 26.5 Å². The van der Waals surface area contributed by atoms with Crippen molar-refractivity contribution < 1.29 is 4.42 Å². The Labute approximate surface area is 87.1 Å². The Morgan fingerprint density at radius 2 is 2.33 bits per heavy atom. The minimum Gasteiger partial charge on any atom is -0.421 e. The zero-order chi connectivity index (χ0) is 10.7. The number of hydrogen-bond acceptors (Lipinski definition) is 5. The van der Waals surface area contributed by atoms with Crippen molar-refractivity contribution in [1.29, 1.82) is 0 Å². The van der Waals surface area contributed by atoms with E-state index in [2.05, 4.69) is 15.3 Å². The molecule has 0 saturated heterocycles. The minimum absolute atomic E-state index is 0.498. The lowest BCUT2D eigenvalue weighted by atomic mass is 10.4. The fourth-order valence-corrected chi connectivity index (χ4v) is 1.24. The zero-order valence-corrected chi connectivity index (χ0v) is 8.55. The monoisotopic (exact) mass is 207 g/mol. The van der Waals surface area contributed by atoms with Gasteiger partial charge in [-0.15, -0.1) is 10.2 Å². The van der Waals surface area contributed by atoms with Crippen molar-refractivity contribution >= 4 is 0 Å². The standard InChI is InChI=1S/C9H13N5O/c1-2-14-6-7(5-11-14)9-13-12-8(15-9)3-4-10/h5-6H,2-4,10H2,1H3. The molecule has 2 heterocycles. The second-order valence-electron chi connectivity index (χ2n) is 3.12. The van der Waals surface area contributed by atoms with Gasteiger partial charge < -0.3 is 10.2 Å². The van der Waals surface area contributed by atoms with E-state index in [1.54, 1.807) is 6.20 Å². The molecule has 0 unspecified atom stereocenters. The Hall–Kier alpha value is -1.69. The quantitative estimate of drug-likeness (QED) is 0.787. The van der Waals surface area contributed by atoms with Gasteiger partial charge in [0, 0.05) is 25.7 Å². The number of rotatable bonds is 4. The van der Waals surface area contributed by atoms with Crippen LogP contribution in [-0.2, 0) is 13.0 Å². The highest BCUT2D eigenvalue weighted by Gasteiger charge is 2.09. The van der Waals surface area contributed by atoms with Crippen LogP contribution in [0, 0.1) is 0 Å². The Kier molecular flexibility index (Phi) is 2.77. The SMILES string of the molecule is CCn1cc(-c2nnc(CCN)o2)cn1. The molecule has 2 N–H and O–H groups in total. The van der Waals surface area contributed by atoms with Crippen LogP contribution in [0.25, 0.3) is 11.5 Å². The lowest BCUT2D eigenvalue weighted by Crippen LogP contribution is -2.02. The predicted molar refractivity (Wildman–Crippen MR) is 54.0 cm³/mol. The molecule has 2 aromatic rings. The molecule has 15 heavy (non-hydrogen) atoms. The first-order chi connectivity index (χ1) is 7.33. The highest BCUT2D eigenvalue weighted by molar-refractivity contribution is 5.48. The molecule has 0 aromatic carbocycles. The molecule has 6 heteroatoms. The summed E-state index contributed by atoms with van der Waals surface area (Å²) in [6.07, 6.45) is 4.19. The lowest BCUT2D eigenvalue weighted by Gasteiger charge is -1.90. The molecule has 0 aliphatic heterocycles. The second-order valence-corrected chi connectivity index (χ2v) is 3.12. The molecule has 0 saturated carbocycles. The van der Waals surface area contributed by atoms with Gasteiger partial charge in [0.05, 0.1) is 11.8 Å². The van der Waals surface area contributed by atoms with E-state index in [4.69, 9.17) is 10.2 Å². The first-order valence-corrected chi connectivity index (χ1v) is 4.88. The van der Waals surface area contributed by atoms with Gasteiger partial charge in [-0.25, -0.2) is 0 Å². The van der Waals surface area contributed by atoms with Gasteiger partial charge in [-0.05, 0) is 6.92 Å². The van der Waals surface area contributed by atoms with Crippen molar-refractivity contribution in [2.75, 3.05) is 6.54 Å². The van der Waals surface area contributed by atoms with Crippen molar-refractivity contribution in [2.45, 2.75) is 19.9 Å². The molecule has 0 aliphatic rings. The second kappa shape index (κ2) is 4.22. The largest absolute Gasteiger partial charge is 0.421 e. The Balaban J connectivity index is 2.21. The molecule has 0 atom stereocenters. The summed E-state index contributed by atoms with van der Waals surface area (Å²) >= 11 is 0. The molecule has 2 rings (SSSR count). The van der Waals surface area contributed by atoms with Gasteiger partial charge >= 0.3 is 0 Å². The van der Waals surface area contributed by atoms with Crippen molar-refractivity contribution in [2.24, 2.45) is 5.73 Å². The van der Waals surface area contributed by atoms with Crippen molar-refractivity contribution in [3.63, 3.8) is 0 Å². The Morgan fingerprint density at radius 3 is 3.00 bits per heavy atom. The third kappa shape index (κ3) is 2.04. The highest BCUT2D eigenvalue weighted by Crippen LogP contribution is 2.16. The van der Waals surface area contributed by atoms with E-state index in [1.165, 1.54) is 0 Å². The van der Waals surface area contributed by atoms with Crippen LogP contribution in [0.5, 0.6) is 0 Å². The maximum absolute atomic E-state index is 5.41. The molecule has 0 aliphatic carbocycles. The van der Waals surface area contributed by atoms with E-state index in [0.717, 1.165) is 12.1 Å². The van der Waals surface area contributed by atoms with Gasteiger partial charge in [0.1, 0.15) is 0 Å². The van der Waals surface area contributed by atoms with Crippen LogP contribution >= 0.6 is 0 Å². The summed E-state index contributed by atoms with van der Waals surface area (Å²) in [6.45, 7) is 3.35. The number of nitrogens with zero attached hydrogens (tertiary/aromatic N) is 4. The van der Waals surface area contributed by atoms with Gasteiger partial charge in [0.2, 0.25) is 5.89 Å².